The second-order valence-electron chi connectivity index (χ2n) is 5.79. The Kier molecular flexibility index (Phi) is 5.22. The van der Waals surface area contributed by atoms with Gasteiger partial charge in [-0.15, -0.1) is 0 Å². The first-order valence-corrected chi connectivity index (χ1v) is 6.40. The molecular formula is C13H27NO2. The molecule has 1 aliphatic rings. The lowest BCUT2D eigenvalue weighted by molar-refractivity contribution is 0.0156. The Morgan fingerprint density at radius 2 is 1.88 bits per heavy atom. The Morgan fingerprint density at radius 3 is 2.38 bits per heavy atom. The molecule has 16 heavy (non-hydrogen) atoms. The van der Waals surface area contributed by atoms with Crippen LogP contribution in [0.25, 0.3) is 0 Å². The summed E-state index contributed by atoms with van der Waals surface area (Å²) >= 11 is 0. The van der Waals surface area contributed by atoms with Gasteiger partial charge in [-0.3, -0.25) is 0 Å². The predicted molar refractivity (Wildman–Crippen MR) is 66.6 cm³/mol. The molecule has 0 spiro atoms. The van der Waals surface area contributed by atoms with Gasteiger partial charge in [0.2, 0.25) is 0 Å². The molecule has 3 nitrogen and oxygen atoms in total. The Labute approximate surface area is 99.6 Å². The summed E-state index contributed by atoms with van der Waals surface area (Å²) in [6.07, 6.45) is 6.16. The Bertz CT molecular complexity index is 198. The van der Waals surface area contributed by atoms with E-state index < -0.39 is 0 Å². The number of ether oxygens (including phenoxy) is 1. The molecule has 96 valence electrons. The van der Waals surface area contributed by atoms with Crippen molar-refractivity contribution in [3.8, 4) is 0 Å². The third-order valence-corrected chi connectivity index (χ3v) is 3.85. The third-order valence-electron chi connectivity index (χ3n) is 3.85. The first kappa shape index (κ1) is 13.9. The van der Waals surface area contributed by atoms with Gasteiger partial charge in [-0.05, 0) is 26.7 Å². The zero-order valence-electron chi connectivity index (χ0n) is 11.0. The molecule has 0 bridgehead atoms. The van der Waals surface area contributed by atoms with E-state index in [2.05, 4.69) is 19.2 Å². The molecule has 0 radical (unpaired) electrons. The summed E-state index contributed by atoms with van der Waals surface area (Å²) in [5.74, 6) is 0. The summed E-state index contributed by atoms with van der Waals surface area (Å²) in [5, 5.41) is 13.0. The second kappa shape index (κ2) is 5.99. The molecule has 0 aromatic heterocycles. The van der Waals surface area contributed by atoms with Crippen molar-refractivity contribution in [2.24, 2.45) is 5.41 Å². The Balaban J connectivity index is 2.33. The van der Waals surface area contributed by atoms with Crippen LogP contribution in [0.4, 0.5) is 0 Å². The normalized spacial score (nSPS) is 21.0. The summed E-state index contributed by atoms with van der Waals surface area (Å²) in [4.78, 5) is 0. The smallest absolute Gasteiger partial charge is 0.0746 e. The van der Waals surface area contributed by atoms with Gasteiger partial charge in [0.1, 0.15) is 0 Å². The minimum Gasteiger partial charge on any atom is -0.396 e. The van der Waals surface area contributed by atoms with Crippen molar-refractivity contribution in [1.82, 2.24) is 5.32 Å². The summed E-state index contributed by atoms with van der Waals surface area (Å²) in [7, 11) is 1.74. The fourth-order valence-electron chi connectivity index (χ4n) is 2.39. The number of rotatable bonds is 6. The monoisotopic (exact) mass is 229 g/mol. The van der Waals surface area contributed by atoms with Crippen LogP contribution >= 0.6 is 0 Å². The maximum absolute atomic E-state index is 9.56. The first-order valence-electron chi connectivity index (χ1n) is 6.40. The molecule has 1 fully saturated rings. The molecule has 1 saturated carbocycles. The van der Waals surface area contributed by atoms with Crippen molar-refractivity contribution in [3.05, 3.63) is 0 Å². The molecule has 1 aliphatic carbocycles. The standard InChI is InChI=1S/C13H27NO2/c1-12(2,16-3)9-14-10-13(11-15)7-5-4-6-8-13/h14-15H,4-11H2,1-3H3. The second-order valence-corrected chi connectivity index (χ2v) is 5.79. The first-order chi connectivity index (χ1) is 7.54. The van der Waals surface area contributed by atoms with E-state index in [0.717, 1.165) is 25.9 Å². The van der Waals surface area contributed by atoms with E-state index in [1.807, 2.05) is 0 Å². The predicted octanol–water partition coefficient (Wildman–Crippen LogP) is 1.94. The van der Waals surface area contributed by atoms with Gasteiger partial charge in [0.25, 0.3) is 0 Å². The average molecular weight is 229 g/mol. The fraction of sp³-hybridized carbons (Fsp3) is 1.00. The van der Waals surface area contributed by atoms with Gasteiger partial charge in [-0.25, -0.2) is 0 Å². The molecule has 0 saturated heterocycles. The molecule has 0 atom stereocenters. The number of nitrogens with one attached hydrogen (secondary N) is 1. The van der Waals surface area contributed by atoms with Crippen molar-refractivity contribution in [2.45, 2.75) is 51.6 Å². The van der Waals surface area contributed by atoms with E-state index >= 15 is 0 Å². The molecule has 0 unspecified atom stereocenters. The van der Waals surface area contributed by atoms with Crippen molar-refractivity contribution in [3.63, 3.8) is 0 Å². The number of methoxy groups -OCH3 is 1. The minimum absolute atomic E-state index is 0.120. The van der Waals surface area contributed by atoms with Gasteiger partial charge in [0.05, 0.1) is 5.60 Å². The lowest BCUT2D eigenvalue weighted by Crippen LogP contribution is -2.44. The highest BCUT2D eigenvalue weighted by Gasteiger charge is 2.31. The molecule has 3 heteroatoms. The van der Waals surface area contributed by atoms with Gasteiger partial charge in [0, 0.05) is 32.2 Å². The fourth-order valence-corrected chi connectivity index (χ4v) is 2.39. The summed E-state index contributed by atoms with van der Waals surface area (Å²) in [6, 6.07) is 0. The summed E-state index contributed by atoms with van der Waals surface area (Å²) in [5.41, 5.74) is 0.00733. The van der Waals surface area contributed by atoms with E-state index in [0.29, 0.717) is 6.61 Å². The molecule has 0 aromatic carbocycles. The topological polar surface area (TPSA) is 41.5 Å². The van der Waals surface area contributed by atoms with Crippen LogP contribution in [0.1, 0.15) is 46.0 Å². The van der Waals surface area contributed by atoms with Gasteiger partial charge in [-0.1, -0.05) is 19.3 Å². The van der Waals surface area contributed by atoms with Crippen LogP contribution in [0.15, 0.2) is 0 Å². The maximum Gasteiger partial charge on any atom is 0.0746 e. The van der Waals surface area contributed by atoms with Crippen LogP contribution < -0.4 is 5.32 Å². The summed E-state index contributed by atoms with van der Waals surface area (Å²) in [6.45, 7) is 6.22. The van der Waals surface area contributed by atoms with Crippen molar-refractivity contribution in [2.75, 3.05) is 26.8 Å². The van der Waals surface area contributed by atoms with E-state index in [1.165, 1.54) is 19.3 Å². The van der Waals surface area contributed by atoms with Crippen LogP contribution in [0.5, 0.6) is 0 Å². The molecule has 0 heterocycles. The SMILES string of the molecule is COC(C)(C)CNCC1(CO)CCCCC1. The van der Waals surface area contributed by atoms with E-state index in [9.17, 15) is 5.11 Å². The Hall–Kier alpha value is -0.120. The van der Waals surface area contributed by atoms with Crippen molar-refractivity contribution >= 4 is 0 Å². The highest BCUT2D eigenvalue weighted by Crippen LogP contribution is 2.35. The molecule has 0 aliphatic heterocycles. The summed E-state index contributed by atoms with van der Waals surface area (Å²) < 4.78 is 5.37. The lowest BCUT2D eigenvalue weighted by atomic mass is 9.74. The zero-order chi connectivity index (χ0) is 12.1. The van der Waals surface area contributed by atoms with E-state index in [1.54, 1.807) is 7.11 Å². The third kappa shape index (κ3) is 4.04. The van der Waals surface area contributed by atoms with Crippen LogP contribution in [0.3, 0.4) is 0 Å². The highest BCUT2D eigenvalue weighted by atomic mass is 16.5. The maximum atomic E-state index is 9.56. The average Bonchev–Trinajstić information content (AvgIpc) is 2.30. The molecular weight excluding hydrogens is 202 g/mol. The van der Waals surface area contributed by atoms with E-state index in [4.69, 9.17) is 4.74 Å². The Morgan fingerprint density at radius 1 is 1.25 bits per heavy atom. The van der Waals surface area contributed by atoms with Gasteiger partial charge in [-0.2, -0.15) is 0 Å². The van der Waals surface area contributed by atoms with Crippen molar-refractivity contribution in [1.29, 1.82) is 0 Å². The van der Waals surface area contributed by atoms with Gasteiger partial charge < -0.3 is 15.2 Å². The highest BCUT2D eigenvalue weighted by molar-refractivity contribution is 4.85. The number of aliphatic hydroxyl groups excluding tert-OH is 1. The van der Waals surface area contributed by atoms with E-state index in [-0.39, 0.29) is 11.0 Å². The van der Waals surface area contributed by atoms with Crippen LogP contribution in [0.2, 0.25) is 0 Å². The molecule has 2 N–H and O–H groups in total. The van der Waals surface area contributed by atoms with Gasteiger partial charge in [0.15, 0.2) is 0 Å². The van der Waals surface area contributed by atoms with Gasteiger partial charge >= 0.3 is 0 Å². The largest absolute Gasteiger partial charge is 0.396 e. The number of aliphatic hydroxyl groups is 1. The molecule has 1 rings (SSSR count). The minimum atomic E-state index is -0.120. The van der Waals surface area contributed by atoms with Crippen LogP contribution in [-0.4, -0.2) is 37.5 Å². The molecule has 0 aromatic rings. The zero-order valence-corrected chi connectivity index (χ0v) is 11.0. The van der Waals surface area contributed by atoms with Crippen LogP contribution in [-0.2, 0) is 4.74 Å². The lowest BCUT2D eigenvalue weighted by Gasteiger charge is -2.37. The quantitative estimate of drug-likeness (QED) is 0.731. The van der Waals surface area contributed by atoms with Crippen molar-refractivity contribution < 1.29 is 9.84 Å². The number of hydrogen-bond acceptors (Lipinski definition) is 3. The molecule has 0 amide bonds. The number of hydrogen-bond donors (Lipinski definition) is 2. The van der Waals surface area contributed by atoms with Crippen LogP contribution in [0, 0.1) is 5.41 Å².